The van der Waals surface area contributed by atoms with Gasteiger partial charge in [0.25, 0.3) is 0 Å². The first-order valence-electron chi connectivity index (χ1n) is 9.53. The maximum Gasteiger partial charge on any atom is 0.326 e. The van der Waals surface area contributed by atoms with E-state index in [2.05, 4.69) is 5.32 Å². The maximum absolute atomic E-state index is 12.6. The molecule has 26 heavy (non-hydrogen) atoms. The lowest BCUT2D eigenvalue weighted by molar-refractivity contribution is -0.139. The minimum atomic E-state index is -1.06. The van der Waals surface area contributed by atoms with Gasteiger partial charge in [-0.2, -0.15) is 0 Å². The Balaban J connectivity index is 1.91. The Morgan fingerprint density at radius 3 is 2.42 bits per heavy atom. The zero-order chi connectivity index (χ0) is 18.8. The van der Waals surface area contributed by atoms with E-state index in [9.17, 15) is 19.8 Å². The van der Waals surface area contributed by atoms with E-state index >= 15 is 0 Å². The lowest BCUT2D eigenvalue weighted by atomic mass is 9.87. The summed E-state index contributed by atoms with van der Waals surface area (Å²) in [5.74, 6) is -0.434. The molecule has 1 saturated carbocycles. The summed E-state index contributed by atoms with van der Waals surface area (Å²) in [6.45, 7) is 0.638. The van der Waals surface area contributed by atoms with E-state index in [1.54, 1.807) is 0 Å². The fourth-order valence-corrected chi connectivity index (χ4v) is 3.54. The van der Waals surface area contributed by atoms with Crippen LogP contribution in [-0.4, -0.2) is 52.9 Å². The fourth-order valence-electron chi connectivity index (χ4n) is 3.54. The molecule has 0 bridgehead atoms. The van der Waals surface area contributed by atoms with Gasteiger partial charge < -0.3 is 20.4 Å². The first-order chi connectivity index (χ1) is 12.6. The summed E-state index contributed by atoms with van der Waals surface area (Å²) in [7, 11) is 0. The molecular formula is C20H30N2O4. The molecule has 144 valence electrons. The van der Waals surface area contributed by atoms with Gasteiger partial charge >= 0.3 is 12.0 Å². The van der Waals surface area contributed by atoms with Crippen molar-refractivity contribution in [2.24, 2.45) is 5.92 Å². The fraction of sp³-hybridized carbons (Fsp3) is 0.600. The second-order valence-electron chi connectivity index (χ2n) is 7.03. The highest BCUT2D eigenvalue weighted by molar-refractivity contribution is 5.82. The zero-order valence-electron chi connectivity index (χ0n) is 15.3. The molecule has 0 spiro atoms. The van der Waals surface area contributed by atoms with Crippen LogP contribution in [0.4, 0.5) is 4.79 Å². The molecule has 3 N–H and O–H groups in total. The molecule has 6 heteroatoms. The average molecular weight is 362 g/mol. The number of urea groups is 1. The number of carbonyl (C=O) groups excluding carboxylic acids is 1. The molecule has 1 atom stereocenters. The van der Waals surface area contributed by atoms with Crippen LogP contribution in [0.2, 0.25) is 0 Å². The standard InChI is InChI=1S/C20H30N2O4/c23-14-13-22(12-11-16-7-3-1-4-8-16)20(26)21-18(19(24)25)15-17-9-5-2-6-10-17/h2,5-6,9-10,16,18,23H,1,3-4,7-8,11-15H2,(H,21,26)(H,24,25)/t18-/m0/s1. The Labute approximate surface area is 155 Å². The number of aliphatic hydroxyl groups is 1. The number of hydrogen-bond donors (Lipinski definition) is 3. The molecule has 1 aliphatic rings. The van der Waals surface area contributed by atoms with Gasteiger partial charge in [-0.3, -0.25) is 0 Å². The van der Waals surface area contributed by atoms with Gasteiger partial charge in [0.2, 0.25) is 0 Å². The lowest BCUT2D eigenvalue weighted by Gasteiger charge is -2.28. The van der Waals surface area contributed by atoms with Crippen LogP contribution in [-0.2, 0) is 11.2 Å². The summed E-state index contributed by atoms with van der Waals surface area (Å²) in [6, 6.07) is 7.84. The largest absolute Gasteiger partial charge is 0.480 e. The number of hydrogen-bond acceptors (Lipinski definition) is 3. The van der Waals surface area contributed by atoms with Crippen molar-refractivity contribution in [2.75, 3.05) is 19.7 Å². The van der Waals surface area contributed by atoms with Gasteiger partial charge in [-0.1, -0.05) is 62.4 Å². The number of amides is 2. The number of nitrogens with one attached hydrogen (secondary N) is 1. The third-order valence-electron chi connectivity index (χ3n) is 5.07. The van der Waals surface area contributed by atoms with Crippen LogP contribution in [0, 0.1) is 5.92 Å². The Morgan fingerprint density at radius 1 is 1.12 bits per heavy atom. The number of carboxylic acid groups (broad SMARTS) is 1. The lowest BCUT2D eigenvalue weighted by Crippen LogP contribution is -2.50. The van der Waals surface area contributed by atoms with E-state index < -0.39 is 18.0 Å². The summed E-state index contributed by atoms with van der Waals surface area (Å²) < 4.78 is 0. The van der Waals surface area contributed by atoms with E-state index in [1.807, 2.05) is 30.3 Å². The number of carbonyl (C=O) groups is 2. The predicted octanol–water partition coefficient (Wildman–Crippen LogP) is 2.66. The first kappa shape index (κ1) is 20.2. The van der Waals surface area contributed by atoms with Crippen molar-refractivity contribution < 1.29 is 19.8 Å². The molecule has 1 aromatic rings. The van der Waals surface area contributed by atoms with E-state index in [1.165, 1.54) is 37.0 Å². The summed E-state index contributed by atoms with van der Waals surface area (Å²) in [6.07, 6.45) is 7.31. The molecule has 1 fully saturated rings. The Kier molecular flexibility index (Phi) is 8.41. The van der Waals surface area contributed by atoms with Crippen molar-refractivity contribution in [1.82, 2.24) is 10.2 Å². The summed E-state index contributed by atoms with van der Waals surface area (Å²) >= 11 is 0. The molecule has 0 aliphatic heterocycles. The van der Waals surface area contributed by atoms with Crippen molar-refractivity contribution in [3.8, 4) is 0 Å². The van der Waals surface area contributed by atoms with Gasteiger partial charge in [0.15, 0.2) is 0 Å². The minimum Gasteiger partial charge on any atom is -0.480 e. The molecule has 1 aromatic carbocycles. The molecule has 2 rings (SSSR count). The van der Waals surface area contributed by atoms with Gasteiger partial charge in [0, 0.05) is 19.5 Å². The van der Waals surface area contributed by atoms with Crippen molar-refractivity contribution >= 4 is 12.0 Å². The first-order valence-corrected chi connectivity index (χ1v) is 9.53. The number of carboxylic acids is 1. The number of nitrogens with zero attached hydrogens (tertiary/aromatic N) is 1. The molecule has 0 saturated heterocycles. The molecule has 0 heterocycles. The highest BCUT2D eigenvalue weighted by Crippen LogP contribution is 2.26. The smallest absolute Gasteiger partial charge is 0.326 e. The van der Waals surface area contributed by atoms with Crippen molar-refractivity contribution in [1.29, 1.82) is 0 Å². The highest BCUT2D eigenvalue weighted by atomic mass is 16.4. The monoisotopic (exact) mass is 362 g/mol. The molecular weight excluding hydrogens is 332 g/mol. The molecule has 0 aromatic heterocycles. The van der Waals surface area contributed by atoms with Crippen molar-refractivity contribution in [2.45, 2.75) is 51.0 Å². The molecule has 1 aliphatic carbocycles. The Morgan fingerprint density at radius 2 is 1.81 bits per heavy atom. The Hall–Kier alpha value is -2.08. The van der Waals surface area contributed by atoms with Crippen molar-refractivity contribution in [3.63, 3.8) is 0 Å². The normalized spacial score (nSPS) is 16.0. The average Bonchev–Trinajstić information content (AvgIpc) is 2.66. The minimum absolute atomic E-state index is 0.130. The van der Waals surface area contributed by atoms with E-state index in [4.69, 9.17) is 0 Å². The van der Waals surface area contributed by atoms with Crippen LogP contribution in [0.25, 0.3) is 0 Å². The van der Waals surface area contributed by atoms with E-state index in [0.29, 0.717) is 12.5 Å². The topological polar surface area (TPSA) is 89.9 Å². The van der Waals surface area contributed by atoms with Crippen LogP contribution >= 0.6 is 0 Å². The van der Waals surface area contributed by atoms with Crippen LogP contribution in [0.15, 0.2) is 30.3 Å². The van der Waals surface area contributed by atoms with Crippen LogP contribution in [0.1, 0.15) is 44.1 Å². The molecule has 2 amide bonds. The van der Waals surface area contributed by atoms with Gasteiger partial charge in [-0.15, -0.1) is 0 Å². The maximum atomic E-state index is 12.6. The summed E-state index contributed by atoms with van der Waals surface area (Å²) in [5, 5.41) is 21.3. The third kappa shape index (κ3) is 6.67. The summed E-state index contributed by atoms with van der Waals surface area (Å²) in [5.41, 5.74) is 0.858. The number of benzene rings is 1. The van der Waals surface area contributed by atoms with Crippen LogP contribution < -0.4 is 5.32 Å². The molecule has 6 nitrogen and oxygen atoms in total. The Bertz CT molecular complexity index is 558. The van der Waals surface area contributed by atoms with Crippen LogP contribution in [0.3, 0.4) is 0 Å². The van der Waals surface area contributed by atoms with Gasteiger partial charge in [0.05, 0.1) is 6.61 Å². The number of rotatable bonds is 9. The quantitative estimate of drug-likeness (QED) is 0.630. The second-order valence-corrected chi connectivity index (χ2v) is 7.03. The molecule has 0 unspecified atom stereocenters. The van der Waals surface area contributed by atoms with Gasteiger partial charge in [-0.25, -0.2) is 9.59 Å². The van der Waals surface area contributed by atoms with E-state index in [0.717, 1.165) is 12.0 Å². The third-order valence-corrected chi connectivity index (χ3v) is 5.07. The van der Waals surface area contributed by atoms with Gasteiger partial charge in [-0.05, 0) is 17.9 Å². The highest BCUT2D eigenvalue weighted by Gasteiger charge is 2.24. The van der Waals surface area contributed by atoms with Gasteiger partial charge in [0.1, 0.15) is 6.04 Å². The van der Waals surface area contributed by atoms with Crippen molar-refractivity contribution in [3.05, 3.63) is 35.9 Å². The predicted molar refractivity (Wildman–Crippen MR) is 100.0 cm³/mol. The summed E-state index contributed by atoms with van der Waals surface area (Å²) in [4.78, 5) is 25.6. The van der Waals surface area contributed by atoms with E-state index in [-0.39, 0.29) is 19.6 Å². The second kappa shape index (κ2) is 10.8. The number of aliphatic hydroxyl groups excluding tert-OH is 1. The number of aliphatic carboxylic acids is 1. The zero-order valence-corrected chi connectivity index (χ0v) is 15.3. The van der Waals surface area contributed by atoms with Crippen LogP contribution in [0.5, 0.6) is 0 Å². The SMILES string of the molecule is O=C(O)[C@H](Cc1ccccc1)NC(=O)N(CCO)CCC1CCCCC1. The molecule has 0 radical (unpaired) electrons.